The van der Waals surface area contributed by atoms with Crippen molar-refractivity contribution < 1.29 is 18.0 Å². The SMILES string of the molecule is CC(CC(N)=O)Nc1nc(F)c(F)cc1F. The molecule has 0 aliphatic carbocycles. The number of carbonyl (C=O) groups is 1. The Hall–Kier alpha value is -1.79. The first-order chi connectivity index (χ1) is 7.40. The molecular formula is C9H10F3N3O. The standard InChI is InChI=1S/C9H10F3N3O/c1-4(2-7(13)16)14-9-6(11)3-5(10)8(12)15-9/h3-4H,2H2,1H3,(H2,13,16)(H,14,15). The molecule has 0 saturated heterocycles. The molecule has 3 N–H and O–H groups in total. The van der Waals surface area contributed by atoms with Crippen molar-refractivity contribution >= 4 is 11.7 Å². The topological polar surface area (TPSA) is 68.0 Å². The minimum absolute atomic E-state index is 0.0693. The second-order valence-electron chi connectivity index (χ2n) is 3.31. The van der Waals surface area contributed by atoms with Crippen LogP contribution < -0.4 is 11.1 Å². The predicted octanol–water partition coefficient (Wildman–Crippen LogP) is 1.17. The molecule has 4 nitrogen and oxygen atoms in total. The maximum atomic E-state index is 13.1. The van der Waals surface area contributed by atoms with E-state index in [-0.39, 0.29) is 6.42 Å². The van der Waals surface area contributed by atoms with E-state index in [0.29, 0.717) is 6.07 Å². The van der Waals surface area contributed by atoms with Gasteiger partial charge in [-0.25, -0.2) is 8.78 Å². The molecule has 0 fully saturated rings. The third-order valence-corrected chi connectivity index (χ3v) is 1.78. The number of carbonyl (C=O) groups excluding carboxylic acids is 1. The quantitative estimate of drug-likeness (QED) is 0.767. The summed E-state index contributed by atoms with van der Waals surface area (Å²) in [4.78, 5) is 13.6. The van der Waals surface area contributed by atoms with Crippen LogP contribution in [0.1, 0.15) is 13.3 Å². The number of nitrogens with one attached hydrogen (secondary N) is 1. The number of nitrogens with two attached hydrogens (primary N) is 1. The molecule has 16 heavy (non-hydrogen) atoms. The zero-order valence-electron chi connectivity index (χ0n) is 8.43. The van der Waals surface area contributed by atoms with Crippen LogP contribution in [0.5, 0.6) is 0 Å². The number of aromatic nitrogens is 1. The van der Waals surface area contributed by atoms with Crippen LogP contribution in [0.2, 0.25) is 0 Å². The summed E-state index contributed by atoms with van der Waals surface area (Å²) in [5.74, 6) is -4.85. The number of amides is 1. The minimum Gasteiger partial charge on any atom is -0.370 e. The largest absolute Gasteiger partial charge is 0.370 e. The van der Waals surface area contributed by atoms with Crippen molar-refractivity contribution in [1.29, 1.82) is 0 Å². The Labute approximate surface area is 89.7 Å². The van der Waals surface area contributed by atoms with E-state index in [1.807, 2.05) is 0 Å². The van der Waals surface area contributed by atoms with Crippen LogP contribution in [0, 0.1) is 17.6 Å². The van der Waals surface area contributed by atoms with Crippen LogP contribution in [0.3, 0.4) is 0 Å². The van der Waals surface area contributed by atoms with Crippen LogP contribution in [-0.2, 0) is 4.79 Å². The van der Waals surface area contributed by atoms with Gasteiger partial charge in [0.15, 0.2) is 17.5 Å². The van der Waals surface area contributed by atoms with E-state index in [2.05, 4.69) is 10.3 Å². The number of primary amides is 1. The fourth-order valence-corrected chi connectivity index (χ4v) is 1.13. The van der Waals surface area contributed by atoms with Gasteiger partial charge >= 0.3 is 0 Å². The molecule has 88 valence electrons. The highest BCUT2D eigenvalue weighted by molar-refractivity contribution is 5.74. The summed E-state index contributed by atoms with van der Waals surface area (Å²) < 4.78 is 38.3. The first-order valence-corrected chi connectivity index (χ1v) is 4.46. The molecule has 0 bridgehead atoms. The third-order valence-electron chi connectivity index (χ3n) is 1.78. The number of hydrogen-bond acceptors (Lipinski definition) is 3. The van der Waals surface area contributed by atoms with Crippen molar-refractivity contribution in [3.05, 3.63) is 23.6 Å². The smallest absolute Gasteiger partial charge is 0.251 e. The molecule has 0 saturated carbocycles. The van der Waals surface area contributed by atoms with Gasteiger partial charge in [-0.2, -0.15) is 9.37 Å². The average Bonchev–Trinajstić information content (AvgIpc) is 2.12. The van der Waals surface area contributed by atoms with Crippen molar-refractivity contribution in [2.45, 2.75) is 19.4 Å². The van der Waals surface area contributed by atoms with Crippen molar-refractivity contribution in [3.63, 3.8) is 0 Å². The maximum absolute atomic E-state index is 13.1. The highest BCUT2D eigenvalue weighted by atomic mass is 19.2. The molecule has 1 aromatic rings. The van der Waals surface area contributed by atoms with Crippen LogP contribution in [-0.4, -0.2) is 16.9 Å². The van der Waals surface area contributed by atoms with Crippen molar-refractivity contribution in [3.8, 4) is 0 Å². The molecule has 7 heteroatoms. The average molecular weight is 233 g/mol. The summed E-state index contributed by atoms with van der Waals surface area (Å²) in [6.45, 7) is 1.53. The van der Waals surface area contributed by atoms with E-state index in [1.54, 1.807) is 0 Å². The third kappa shape index (κ3) is 3.11. The minimum atomic E-state index is -1.41. The second kappa shape index (κ2) is 4.82. The van der Waals surface area contributed by atoms with Gasteiger partial charge in [-0.3, -0.25) is 4.79 Å². The molecule has 1 amide bonds. The Morgan fingerprint density at radius 2 is 2.12 bits per heavy atom. The van der Waals surface area contributed by atoms with Gasteiger partial charge in [0.25, 0.3) is 5.95 Å². The predicted molar refractivity (Wildman–Crippen MR) is 51.0 cm³/mol. The van der Waals surface area contributed by atoms with E-state index in [0.717, 1.165) is 0 Å². The summed E-state index contributed by atoms with van der Waals surface area (Å²) in [5.41, 5.74) is 4.91. The van der Waals surface area contributed by atoms with Gasteiger partial charge in [0, 0.05) is 18.5 Å². The lowest BCUT2D eigenvalue weighted by atomic mass is 10.2. The van der Waals surface area contributed by atoms with E-state index >= 15 is 0 Å². The van der Waals surface area contributed by atoms with Gasteiger partial charge in [-0.1, -0.05) is 0 Å². The van der Waals surface area contributed by atoms with Crippen molar-refractivity contribution in [2.75, 3.05) is 5.32 Å². The molecule has 0 aromatic carbocycles. The second-order valence-corrected chi connectivity index (χ2v) is 3.31. The number of anilines is 1. The van der Waals surface area contributed by atoms with Crippen LogP contribution in [0.25, 0.3) is 0 Å². The molecule has 0 aliphatic rings. The number of halogens is 3. The molecule has 0 radical (unpaired) electrons. The van der Waals surface area contributed by atoms with Gasteiger partial charge in [0.2, 0.25) is 5.91 Å². The van der Waals surface area contributed by atoms with E-state index in [4.69, 9.17) is 5.73 Å². The fourth-order valence-electron chi connectivity index (χ4n) is 1.13. The summed E-state index contributed by atoms with van der Waals surface area (Å²) in [6, 6.07) is -0.147. The van der Waals surface area contributed by atoms with Gasteiger partial charge < -0.3 is 11.1 Å². The maximum Gasteiger partial charge on any atom is 0.251 e. The Kier molecular flexibility index (Phi) is 3.70. The number of rotatable bonds is 4. The highest BCUT2D eigenvalue weighted by Crippen LogP contribution is 2.15. The Morgan fingerprint density at radius 3 is 2.69 bits per heavy atom. The van der Waals surface area contributed by atoms with Crippen LogP contribution in [0.4, 0.5) is 19.0 Å². The summed E-state index contributed by atoms with van der Waals surface area (Å²) in [7, 11) is 0. The molecule has 1 unspecified atom stereocenters. The number of nitrogens with zero attached hydrogens (tertiary/aromatic N) is 1. The molecule has 1 heterocycles. The lowest BCUT2D eigenvalue weighted by molar-refractivity contribution is -0.118. The van der Waals surface area contributed by atoms with E-state index in [9.17, 15) is 18.0 Å². The normalized spacial score (nSPS) is 12.2. The Morgan fingerprint density at radius 1 is 1.50 bits per heavy atom. The molecule has 0 spiro atoms. The number of hydrogen-bond donors (Lipinski definition) is 2. The van der Waals surface area contributed by atoms with E-state index < -0.39 is 35.3 Å². The van der Waals surface area contributed by atoms with Crippen molar-refractivity contribution in [1.82, 2.24) is 4.98 Å². The number of pyridine rings is 1. The Balaban J connectivity index is 2.81. The van der Waals surface area contributed by atoms with Gasteiger partial charge in [-0.05, 0) is 6.92 Å². The molecule has 1 rings (SSSR count). The summed E-state index contributed by atoms with van der Waals surface area (Å²) in [6.07, 6.45) is -0.0693. The monoisotopic (exact) mass is 233 g/mol. The van der Waals surface area contributed by atoms with E-state index in [1.165, 1.54) is 6.92 Å². The highest BCUT2D eigenvalue weighted by Gasteiger charge is 2.14. The van der Waals surface area contributed by atoms with Gasteiger partial charge in [-0.15, -0.1) is 0 Å². The summed E-state index contributed by atoms with van der Waals surface area (Å²) in [5, 5.41) is 2.42. The zero-order chi connectivity index (χ0) is 12.3. The first-order valence-electron chi connectivity index (χ1n) is 4.46. The summed E-state index contributed by atoms with van der Waals surface area (Å²) >= 11 is 0. The first kappa shape index (κ1) is 12.3. The lowest BCUT2D eigenvalue weighted by Crippen LogP contribution is -2.25. The van der Waals surface area contributed by atoms with Crippen molar-refractivity contribution in [2.24, 2.45) is 5.73 Å². The zero-order valence-corrected chi connectivity index (χ0v) is 8.43. The molecule has 1 atom stereocenters. The molecular weight excluding hydrogens is 223 g/mol. The fraction of sp³-hybridized carbons (Fsp3) is 0.333. The molecule has 0 aliphatic heterocycles. The lowest BCUT2D eigenvalue weighted by Gasteiger charge is -2.13. The van der Waals surface area contributed by atoms with Crippen LogP contribution in [0.15, 0.2) is 6.07 Å². The molecule has 1 aromatic heterocycles. The van der Waals surface area contributed by atoms with Gasteiger partial charge in [0.05, 0.1) is 0 Å². The Bertz CT molecular complexity index is 411. The van der Waals surface area contributed by atoms with Gasteiger partial charge in [0.1, 0.15) is 0 Å². The van der Waals surface area contributed by atoms with Crippen LogP contribution >= 0.6 is 0 Å².